The Kier molecular flexibility index (Phi) is 4.66. The largest absolute Gasteiger partial charge is 0.337 e. The molecule has 0 radical (unpaired) electrons. The zero-order chi connectivity index (χ0) is 16.7. The minimum absolute atomic E-state index is 0. The molecule has 0 aliphatic carbocycles. The molecule has 1 aromatic heterocycles. The molecule has 2 aromatic rings. The number of nitrogens with one attached hydrogen (secondary N) is 2. The number of fused-ring (bicyclic) bond motifs is 1. The summed E-state index contributed by atoms with van der Waals surface area (Å²) in [5.74, 6) is -0.150. The molecule has 2 aliphatic rings. The summed E-state index contributed by atoms with van der Waals surface area (Å²) in [6.07, 6.45) is 3.16. The highest BCUT2D eigenvalue weighted by molar-refractivity contribution is 6.05. The lowest BCUT2D eigenvalue weighted by molar-refractivity contribution is -0.384. The molecular formula is C16H20ClN5O3. The third kappa shape index (κ3) is 3.07. The third-order valence-corrected chi connectivity index (χ3v) is 5.40. The van der Waals surface area contributed by atoms with Gasteiger partial charge in [0, 0.05) is 37.2 Å². The van der Waals surface area contributed by atoms with Crippen molar-refractivity contribution in [2.75, 3.05) is 26.2 Å². The summed E-state index contributed by atoms with van der Waals surface area (Å²) in [7, 11) is 0. The first kappa shape index (κ1) is 17.6. The van der Waals surface area contributed by atoms with Crippen LogP contribution in [-0.2, 0) is 0 Å². The van der Waals surface area contributed by atoms with E-state index in [1.165, 1.54) is 18.6 Å². The lowest BCUT2D eigenvalue weighted by Crippen LogP contribution is -2.44. The quantitative estimate of drug-likeness (QED) is 0.626. The van der Waals surface area contributed by atoms with Gasteiger partial charge >= 0.3 is 0 Å². The van der Waals surface area contributed by atoms with Crippen LogP contribution in [-0.4, -0.2) is 52.1 Å². The highest BCUT2D eigenvalue weighted by Crippen LogP contribution is 2.37. The van der Waals surface area contributed by atoms with Gasteiger partial charge in [-0.15, -0.1) is 12.4 Å². The molecule has 134 valence electrons. The number of amides is 1. The summed E-state index contributed by atoms with van der Waals surface area (Å²) in [5.41, 5.74) is 1.21. The van der Waals surface area contributed by atoms with Crippen LogP contribution in [0.2, 0.25) is 0 Å². The molecule has 25 heavy (non-hydrogen) atoms. The van der Waals surface area contributed by atoms with Crippen LogP contribution < -0.4 is 5.32 Å². The number of carbonyl (C=O) groups excluding carboxylic acids is 1. The van der Waals surface area contributed by atoms with Crippen LogP contribution in [0.25, 0.3) is 10.9 Å². The molecule has 4 rings (SSSR count). The number of piperidine rings is 1. The first-order valence-corrected chi connectivity index (χ1v) is 8.21. The number of non-ortho nitro benzene ring substituents is 1. The first-order valence-electron chi connectivity index (χ1n) is 8.21. The molecule has 2 N–H and O–H groups in total. The van der Waals surface area contributed by atoms with E-state index in [4.69, 9.17) is 0 Å². The Morgan fingerprint density at radius 1 is 1.28 bits per heavy atom. The van der Waals surface area contributed by atoms with Crippen molar-refractivity contribution in [2.24, 2.45) is 5.41 Å². The Labute approximate surface area is 150 Å². The maximum absolute atomic E-state index is 12.8. The number of hydrogen-bond donors (Lipinski definition) is 2. The van der Waals surface area contributed by atoms with E-state index in [2.05, 4.69) is 15.5 Å². The van der Waals surface area contributed by atoms with E-state index >= 15 is 0 Å². The van der Waals surface area contributed by atoms with E-state index in [0.717, 1.165) is 25.9 Å². The van der Waals surface area contributed by atoms with Crippen LogP contribution in [0, 0.1) is 15.5 Å². The Balaban J connectivity index is 0.00000182. The lowest BCUT2D eigenvalue weighted by atomic mass is 9.78. The van der Waals surface area contributed by atoms with Gasteiger partial charge in [0.25, 0.3) is 11.6 Å². The summed E-state index contributed by atoms with van der Waals surface area (Å²) in [4.78, 5) is 25.1. The van der Waals surface area contributed by atoms with Crippen molar-refractivity contribution >= 4 is 34.9 Å². The Bertz CT molecular complexity index is 805. The average molecular weight is 366 g/mol. The maximum atomic E-state index is 12.8. The zero-order valence-corrected chi connectivity index (χ0v) is 14.5. The second-order valence-corrected chi connectivity index (χ2v) is 6.78. The molecule has 0 atom stereocenters. The molecular weight excluding hydrogens is 346 g/mol. The summed E-state index contributed by atoms with van der Waals surface area (Å²) in [6.45, 7) is 3.52. The molecule has 2 aliphatic heterocycles. The van der Waals surface area contributed by atoms with E-state index in [-0.39, 0.29) is 29.7 Å². The molecule has 1 spiro atoms. The minimum atomic E-state index is -0.460. The number of likely N-dealkylation sites (tertiary alicyclic amines) is 1. The van der Waals surface area contributed by atoms with E-state index < -0.39 is 4.92 Å². The summed E-state index contributed by atoms with van der Waals surface area (Å²) >= 11 is 0. The number of benzene rings is 1. The van der Waals surface area contributed by atoms with Crippen LogP contribution in [0.3, 0.4) is 0 Å². The number of hydrogen-bond acceptors (Lipinski definition) is 5. The number of halogens is 1. The van der Waals surface area contributed by atoms with Crippen molar-refractivity contribution < 1.29 is 9.72 Å². The predicted octanol–water partition coefficient (Wildman–Crippen LogP) is 2.11. The standard InChI is InChI=1S/C16H19N5O3.ClH/c22-15(20-7-4-16(5-8-20)3-6-17-10-16)14-12-9-11(21(23)24)1-2-13(12)18-19-14;/h1-2,9,17H,3-8,10H2,(H,18,19);1H. The van der Waals surface area contributed by atoms with Crippen LogP contribution in [0.5, 0.6) is 0 Å². The van der Waals surface area contributed by atoms with Gasteiger partial charge in [0.2, 0.25) is 0 Å². The lowest BCUT2D eigenvalue weighted by Gasteiger charge is -2.38. The molecule has 0 saturated carbocycles. The fourth-order valence-corrected chi connectivity index (χ4v) is 3.83. The van der Waals surface area contributed by atoms with Gasteiger partial charge in [-0.2, -0.15) is 5.10 Å². The van der Waals surface area contributed by atoms with Crippen molar-refractivity contribution in [2.45, 2.75) is 19.3 Å². The normalized spacial score (nSPS) is 19.1. The maximum Gasteiger partial charge on any atom is 0.274 e. The van der Waals surface area contributed by atoms with Crippen molar-refractivity contribution in [1.82, 2.24) is 20.4 Å². The van der Waals surface area contributed by atoms with Crippen LogP contribution in [0.15, 0.2) is 18.2 Å². The minimum Gasteiger partial charge on any atom is -0.337 e. The zero-order valence-electron chi connectivity index (χ0n) is 13.7. The van der Waals surface area contributed by atoms with Gasteiger partial charge in [-0.1, -0.05) is 0 Å². The van der Waals surface area contributed by atoms with Crippen molar-refractivity contribution in [3.05, 3.63) is 34.0 Å². The SMILES string of the molecule is Cl.O=C(c1n[nH]c2ccc([N+](=O)[O-])cc12)N1CCC2(CCNC2)CC1. The summed E-state index contributed by atoms with van der Waals surface area (Å²) in [5, 5.41) is 21.8. The average Bonchev–Trinajstić information content (AvgIpc) is 3.21. The number of aromatic amines is 1. The predicted molar refractivity (Wildman–Crippen MR) is 95.1 cm³/mol. The molecule has 2 saturated heterocycles. The number of nitro groups is 1. The molecule has 2 fully saturated rings. The van der Waals surface area contributed by atoms with E-state index in [1.807, 2.05) is 4.90 Å². The highest BCUT2D eigenvalue weighted by Gasteiger charge is 2.38. The number of nitro benzene ring substituents is 1. The van der Waals surface area contributed by atoms with Gasteiger partial charge in [-0.25, -0.2) is 0 Å². The van der Waals surface area contributed by atoms with Crippen LogP contribution in [0.1, 0.15) is 29.8 Å². The topological polar surface area (TPSA) is 104 Å². The molecule has 8 nitrogen and oxygen atoms in total. The fourth-order valence-electron chi connectivity index (χ4n) is 3.83. The summed E-state index contributed by atoms with van der Waals surface area (Å²) in [6, 6.07) is 4.41. The van der Waals surface area contributed by atoms with Gasteiger partial charge in [-0.05, 0) is 37.3 Å². The van der Waals surface area contributed by atoms with Gasteiger partial charge in [0.1, 0.15) is 0 Å². The monoisotopic (exact) mass is 365 g/mol. The molecule has 0 unspecified atom stereocenters. The van der Waals surface area contributed by atoms with Gasteiger partial charge < -0.3 is 10.2 Å². The van der Waals surface area contributed by atoms with Gasteiger partial charge in [-0.3, -0.25) is 20.0 Å². The smallest absolute Gasteiger partial charge is 0.274 e. The highest BCUT2D eigenvalue weighted by atomic mass is 35.5. The number of aromatic nitrogens is 2. The Morgan fingerprint density at radius 2 is 2.04 bits per heavy atom. The number of nitrogens with zero attached hydrogens (tertiary/aromatic N) is 3. The fraction of sp³-hybridized carbons (Fsp3) is 0.500. The Hall–Kier alpha value is -2.19. The molecule has 1 aromatic carbocycles. The molecule has 3 heterocycles. The van der Waals surface area contributed by atoms with E-state index in [1.54, 1.807) is 6.07 Å². The number of rotatable bonds is 2. The van der Waals surface area contributed by atoms with Crippen molar-refractivity contribution in [3.63, 3.8) is 0 Å². The van der Waals surface area contributed by atoms with Gasteiger partial charge in [0.05, 0.1) is 10.4 Å². The van der Waals surface area contributed by atoms with Crippen molar-refractivity contribution in [1.29, 1.82) is 0 Å². The van der Waals surface area contributed by atoms with Crippen LogP contribution in [0.4, 0.5) is 5.69 Å². The number of H-pyrrole nitrogens is 1. The van der Waals surface area contributed by atoms with E-state index in [9.17, 15) is 14.9 Å². The first-order chi connectivity index (χ1) is 11.6. The van der Waals surface area contributed by atoms with Gasteiger partial charge in [0.15, 0.2) is 5.69 Å². The third-order valence-electron chi connectivity index (χ3n) is 5.40. The summed E-state index contributed by atoms with van der Waals surface area (Å²) < 4.78 is 0. The second-order valence-electron chi connectivity index (χ2n) is 6.78. The second kappa shape index (κ2) is 6.61. The molecule has 1 amide bonds. The van der Waals surface area contributed by atoms with Crippen LogP contribution >= 0.6 is 12.4 Å². The molecule has 9 heteroatoms. The van der Waals surface area contributed by atoms with E-state index in [0.29, 0.717) is 29.4 Å². The van der Waals surface area contributed by atoms with Crippen molar-refractivity contribution in [3.8, 4) is 0 Å². The molecule has 0 bridgehead atoms. The Morgan fingerprint density at radius 3 is 2.68 bits per heavy atom. The number of carbonyl (C=O) groups is 1.